The highest BCUT2D eigenvalue weighted by Gasteiger charge is 2.23. The molecule has 0 aliphatic rings. The Hall–Kier alpha value is -2.67. The number of halogens is 1. The van der Waals surface area contributed by atoms with E-state index in [1.165, 1.54) is 30.0 Å². The lowest BCUT2D eigenvalue weighted by atomic mass is 10.1. The average Bonchev–Trinajstić information content (AvgIpc) is 2.68. The fraction of sp³-hybridized carbons (Fsp3) is 0.286. The van der Waals surface area contributed by atoms with Gasteiger partial charge in [-0.2, -0.15) is 11.8 Å². The number of aryl methyl sites for hydroxylation is 1. The van der Waals surface area contributed by atoms with Crippen LogP contribution in [0.2, 0.25) is 0 Å². The number of carbonyl (C=O) groups excluding carboxylic acids is 3. The molecule has 148 valence electrons. The van der Waals surface area contributed by atoms with Crippen LogP contribution in [0.1, 0.15) is 32.7 Å². The monoisotopic (exact) mass is 403 g/mol. The lowest BCUT2D eigenvalue weighted by molar-refractivity contribution is -0.144. The molecule has 0 fully saturated rings. The Morgan fingerprint density at radius 3 is 2.50 bits per heavy atom. The quantitative estimate of drug-likeness (QED) is 0.513. The summed E-state index contributed by atoms with van der Waals surface area (Å²) in [5, 5.41) is 2.67. The number of hydrogen-bond donors (Lipinski definition) is 1. The molecule has 0 radical (unpaired) electrons. The van der Waals surface area contributed by atoms with Crippen molar-refractivity contribution in [2.24, 2.45) is 0 Å². The number of nitrogens with one attached hydrogen (secondary N) is 1. The number of ketones is 1. The summed E-state index contributed by atoms with van der Waals surface area (Å²) >= 11 is 1.53. The number of amides is 1. The van der Waals surface area contributed by atoms with Gasteiger partial charge in [-0.05, 0) is 49.6 Å². The van der Waals surface area contributed by atoms with Crippen molar-refractivity contribution in [3.63, 3.8) is 0 Å². The maximum absolute atomic E-state index is 13.2. The third-order valence-corrected chi connectivity index (χ3v) is 4.62. The number of benzene rings is 2. The van der Waals surface area contributed by atoms with E-state index in [4.69, 9.17) is 4.74 Å². The molecule has 2 aromatic carbocycles. The number of rotatable bonds is 9. The summed E-state index contributed by atoms with van der Waals surface area (Å²) < 4.78 is 18.3. The highest BCUT2D eigenvalue weighted by atomic mass is 32.2. The van der Waals surface area contributed by atoms with E-state index in [2.05, 4.69) is 5.32 Å². The Kier molecular flexibility index (Phi) is 8.19. The standard InChI is InChI=1S/C21H22FNO4S/c1-14-5-3-7-16(11-14)20(25)23-18(9-10-28-2)21(26)27-13-19(24)15-6-4-8-17(22)12-15/h3-8,11-12,18H,9-10,13H2,1-2H3,(H,23,25)/t18-/m0/s1. The van der Waals surface area contributed by atoms with Gasteiger partial charge in [-0.3, -0.25) is 9.59 Å². The zero-order chi connectivity index (χ0) is 20.5. The maximum Gasteiger partial charge on any atom is 0.329 e. The molecule has 2 aromatic rings. The van der Waals surface area contributed by atoms with Gasteiger partial charge >= 0.3 is 5.97 Å². The summed E-state index contributed by atoms with van der Waals surface area (Å²) in [6.45, 7) is 1.35. The van der Waals surface area contributed by atoms with Gasteiger partial charge in [0, 0.05) is 11.1 Å². The fourth-order valence-electron chi connectivity index (χ4n) is 2.50. The molecule has 0 aliphatic heterocycles. The van der Waals surface area contributed by atoms with Crippen molar-refractivity contribution in [3.8, 4) is 0 Å². The number of thioether (sulfide) groups is 1. The van der Waals surface area contributed by atoms with E-state index >= 15 is 0 Å². The SMILES string of the molecule is CSCC[C@H](NC(=O)c1cccc(C)c1)C(=O)OCC(=O)c1cccc(F)c1. The summed E-state index contributed by atoms with van der Waals surface area (Å²) in [5.41, 5.74) is 1.49. The fourth-order valence-corrected chi connectivity index (χ4v) is 2.97. The lowest BCUT2D eigenvalue weighted by Crippen LogP contribution is -2.42. The Labute approximate surface area is 167 Å². The smallest absolute Gasteiger partial charge is 0.329 e. The zero-order valence-corrected chi connectivity index (χ0v) is 16.6. The molecule has 0 saturated heterocycles. The van der Waals surface area contributed by atoms with E-state index < -0.39 is 30.2 Å². The molecule has 28 heavy (non-hydrogen) atoms. The van der Waals surface area contributed by atoms with Crippen molar-refractivity contribution in [3.05, 3.63) is 71.0 Å². The van der Waals surface area contributed by atoms with Crippen molar-refractivity contribution in [1.29, 1.82) is 0 Å². The van der Waals surface area contributed by atoms with E-state index in [-0.39, 0.29) is 11.5 Å². The van der Waals surface area contributed by atoms with Gasteiger partial charge in [0.25, 0.3) is 5.91 Å². The maximum atomic E-state index is 13.2. The van der Waals surface area contributed by atoms with Crippen molar-refractivity contribution < 1.29 is 23.5 Å². The van der Waals surface area contributed by atoms with Crippen LogP contribution in [0.4, 0.5) is 4.39 Å². The predicted octanol–water partition coefficient (Wildman–Crippen LogP) is 3.41. The predicted molar refractivity (Wildman–Crippen MR) is 107 cm³/mol. The first kappa shape index (κ1) is 21.6. The number of ether oxygens (including phenoxy) is 1. The Morgan fingerprint density at radius 2 is 1.82 bits per heavy atom. The topological polar surface area (TPSA) is 72.5 Å². The van der Waals surface area contributed by atoms with Gasteiger partial charge in [-0.25, -0.2) is 9.18 Å². The molecule has 0 saturated carbocycles. The first-order chi connectivity index (χ1) is 13.4. The first-order valence-electron chi connectivity index (χ1n) is 8.72. The van der Waals surface area contributed by atoms with Crippen LogP contribution in [0, 0.1) is 12.7 Å². The van der Waals surface area contributed by atoms with Gasteiger partial charge < -0.3 is 10.1 Å². The molecule has 1 atom stereocenters. The molecule has 0 aromatic heterocycles. The van der Waals surface area contributed by atoms with Crippen LogP contribution in [0.5, 0.6) is 0 Å². The highest BCUT2D eigenvalue weighted by molar-refractivity contribution is 7.98. The van der Waals surface area contributed by atoms with Crippen molar-refractivity contribution in [2.75, 3.05) is 18.6 Å². The van der Waals surface area contributed by atoms with E-state index in [1.807, 2.05) is 19.2 Å². The molecule has 2 rings (SSSR count). The summed E-state index contributed by atoms with van der Waals surface area (Å²) in [7, 11) is 0. The number of carbonyl (C=O) groups is 3. The Bertz CT molecular complexity index is 856. The van der Waals surface area contributed by atoms with Crippen molar-refractivity contribution in [2.45, 2.75) is 19.4 Å². The molecule has 0 bridgehead atoms. The molecule has 0 spiro atoms. The van der Waals surface area contributed by atoms with Crippen LogP contribution >= 0.6 is 11.8 Å². The van der Waals surface area contributed by atoms with Gasteiger partial charge in [-0.1, -0.05) is 29.8 Å². The molecule has 1 N–H and O–H groups in total. The first-order valence-corrected chi connectivity index (χ1v) is 10.1. The number of Topliss-reactive ketones (excluding diaryl/α,β-unsaturated/α-hetero) is 1. The largest absolute Gasteiger partial charge is 0.456 e. The van der Waals surface area contributed by atoms with Gasteiger partial charge in [0.2, 0.25) is 0 Å². The van der Waals surface area contributed by atoms with Gasteiger partial charge in [0.1, 0.15) is 11.9 Å². The number of esters is 1. The average molecular weight is 403 g/mol. The minimum Gasteiger partial charge on any atom is -0.456 e. The second kappa shape index (κ2) is 10.6. The molecule has 0 unspecified atom stereocenters. The Balaban J connectivity index is 2.00. The molecule has 7 heteroatoms. The molecule has 0 aliphatic carbocycles. The molecule has 1 amide bonds. The Morgan fingerprint density at radius 1 is 1.11 bits per heavy atom. The van der Waals surface area contributed by atoms with Gasteiger partial charge in [-0.15, -0.1) is 0 Å². The van der Waals surface area contributed by atoms with Crippen LogP contribution in [0.25, 0.3) is 0 Å². The second-order valence-corrected chi connectivity index (χ2v) is 7.20. The summed E-state index contributed by atoms with van der Waals surface area (Å²) in [6, 6.07) is 11.3. The molecular formula is C21H22FNO4S. The van der Waals surface area contributed by atoms with Crippen molar-refractivity contribution in [1.82, 2.24) is 5.32 Å². The normalized spacial score (nSPS) is 11.5. The third-order valence-electron chi connectivity index (χ3n) is 3.97. The second-order valence-electron chi connectivity index (χ2n) is 6.22. The summed E-state index contributed by atoms with van der Waals surface area (Å²) in [5.74, 6) is -1.50. The van der Waals surface area contributed by atoms with Crippen LogP contribution < -0.4 is 5.32 Å². The van der Waals surface area contributed by atoms with Crippen LogP contribution in [-0.2, 0) is 9.53 Å². The summed E-state index contributed by atoms with van der Waals surface area (Å²) in [4.78, 5) is 36.9. The van der Waals surface area contributed by atoms with Gasteiger partial charge in [0.05, 0.1) is 0 Å². The minimum absolute atomic E-state index is 0.122. The van der Waals surface area contributed by atoms with Crippen LogP contribution in [-0.4, -0.2) is 42.3 Å². The number of hydrogen-bond acceptors (Lipinski definition) is 5. The van der Waals surface area contributed by atoms with Gasteiger partial charge in [0.15, 0.2) is 12.4 Å². The van der Waals surface area contributed by atoms with Crippen LogP contribution in [0.15, 0.2) is 48.5 Å². The lowest BCUT2D eigenvalue weighted by Gasteiger charge is -2.17. The van der Waals surface area contributed by atoms with Crippen molar-refractivity contribution >= 4 is 29.4 Å². The summed E-state index contributed by atoms with van der Waals surface area (Å²) in [6.07, 6.45) is 2.25. The highest BCUT2D eigenvalue weighted by Crippen LogP contribution is 2.09. The van der Waals surface area contributed by atoms with E-state index in [1.54, 1.807) is 18.2 Å². The van der Waals surface area contributed by atoms with Crippen LogP contribution in [0.3, 0.4) is 0 Å². The molecule has 0 heterocycles. The zero-order valence-electron chi connectivity index (χ0n) is 15.7. The minimum atomic E-state index is -0.874. The van der Waals surface area contributed by atoms with E-state index in [9.17, 15) is 18.8 Å². The van der Waals surface area contributed by atoms with E-state index in [0.717, 1.165) is 11.6 Å². The third kappa shape index (κ3) is 6.49. The molecule has 5 nitrogen and oxygen atoms in total. The van der Waals surface area contributed by atoms with E-state index in [0.29, 0.717) is 17.7 Å². The molecular weight excluding hydrogens is 381 g/mol.